The van der Waals surface area contributed by atoms with Crippen LogP contribution in [-0.2, 0) is 16.4 Å². The molecule has 18 heavy (non-hydrogen) atoms. The van der Waals surface area contributed by atoms with Crippen molar-refractivity contribution in [3.8, 4) is 0 Å². The van der Waals surface area contributed by atoms with E-state index < -0.39 is 9.84 Å². The van der Waals surface area contributed by atoms with Crippen LogP contribution >= 0.6 is 0 Å². The van der Waals surface area contributed by atoms with Crippen LogP contribution in [0, 0.1) is 0 Å². The molecule has 5 nitrogen and oxygen atoms in total. The van der Waals surface area contributed by atoms with E-state index in [9.17, 15) is 8.42 Å². The van der Waals surface area contributed by atoms with E-state index in [0.717, 1.165) is 17.9 Å². The van der Waals surface area contributed by atoms with Crippen LogP contribution in [0.3, 0.4) is 0 Å². The topological polar surface area (TPSA) is 62.3 Å². The summed E-state index contributed by atoms with van der Waals surface area (Å²) in [5.41, 5.74) is 1.12. The second-order valence-corrected chi connectivity index (χ2v) is 6.95. The molecule has 100 valence electrons. The molecule has 1 aromatic heterocycles. The van der Waals surface area contributed by atoms with Gasteiger partial charge in [0.25, 0.3) is 0 Å². The number of hydrogen-bond acceptors (Lipinski definition) is 5. The van der Waals surface area contributed by atoms with Gasteiger partial charge in [0.15, 0.2) is 9.84 Å². The van der Waals surface area contributed by atoms with Crippen LogP contribution in [0.2, 0.25) is 0 Å². The van der Waals surface area contributed by atoms with Crippen LogP contribution < -0.4 is 10.2 Å². The van der Waals surface area contributed by atoms with Gasteiger partial charge in [0.1, 0.15) is 5.82 Å². The van der Waals surface area contributed by atoms with Gasteiger partial charge in [0.2, 0.25) is 0 Å². The van der Waals surface area contributed by atoms with E-state index in [4.69, 9.17) is 0 Å². The van der Waals surface area contributed by atoms with E-state index in [-0.39, 0.29) is 11.8 Å². The zero-order valence-corrected chi connectivity index (χ0v) is 11.6. The molecule has 0 bridgehead atoms. The minimum atomic E-state index is -2.84. The average molecular weight is 269 g/mol. The molecule has 1 saturated heterocycles. The summed E-state index contributed by atoms with van der Waals surface area (Å²) in [7, 11) is 0.956. The fourth-order valence-corrected chi connectivity index (χ4v) is 3.98. The molecule has 1 aromatic rings. The van der Waals surface area contributed by atoms with Gasteiger partial charge in [-0.05, 0) is 25.1 Å². The number of nitrogens with zero attached hydrogens (tertiary/aromatic N) is 2. The Morgan fingerprint density at radius 1 is 1.50 bits per heavy atom. The van der Waals surface area contributed by atoms with Gasteiger partial charge in [0.05, 0.1) is 11.5 Å². The van der Waals surface area contributed by atoms with Gasteiger partial charge in [0, 0.05) is 25.8 Å². The van der Waals surface area contributed by atoms with Crippen molar-refractivity contribution >= 4 is 15.7 Å². The van der Waals surface area contributed by atoms with E-state index in [1.54, 1.807) is 0 Å². The summed E-state index contributed by atoms with van der Waals surface area (Å²) in [6.07, 6.45) is 2.52. The first-order chi connectivity index (χ1) is 8.52. The van der Waals surface area contributed by atoms with Gasteiger partial charge in [-0.25, -0.2) is 13.4 Å². The largest absolute Gasteiger partial charge is 0.356 e. The Morgan fingerprint density at radius 3 is 2.78 bits per heavy atom. The van der Waals surface area contributed by atoms with Crippen molar-refractivity contribution in [2.24, 2.45) is 0 Å². The summed E-state index contributed by atoms with van der Waals surface area (Å²) in [5.74, 6) is 1.36. The van der Waals surface area contributed by atoms with Gasteiger partial charge < -0.3 is 10.2 Å². The number of aromatic nitrogens is 1. The van der Waals surface area contributed by atoms with E-state index in [1.165, 1.54) is 0 Å². The molecule has 1 aliphatic rings. The Kier molecular flexibility index (Phi) is 3.87. The van der Waals surface area contributed by atoms with Crippen molar-refractivity contribution in [2.45, 2.75) is 19.0 Å². The maximum Gasteiger partial charge on any atom is 0.152 e. The van der Waals surface area contributed by atoms with Gasteiger partial charge in [-0.3, -0.25) is 0 Å². The number of pyridine rings is 1. The molecule has 6 heteroatoms. The van der Waals surface area contributed by atoms with Crippen LogP contribution in [-0.4, -0.2) is 45.0 Å². The standard InChI is InChI=1S/C12H19N3O2S/c1-13-7-10-3-4-12(14-8-10)15(2)11-5-6-18(16,17)9-11/h3-4,8,11,13H,5-7,9H2,1-2H3. The second-order valence-electron chi connectivity index (χ2n) is 4.72. The predicted molar refractivity (Wildman–Crippen MR) is 72.5 cm³/mol. The maximum atomic E-state index is 11.5. The third kappa shape index (κ3) is 3.00. The number of sulfone groups is 1. The zero-order valence-electron chi connectivity index (χ0n) is 10.8. The van der Waals surface area contributed by atoms with E-state index in [2.05, 4.69) is 10.3 Å². The van der Waals surface area contributed by atoms with Crippen molar-refractivity contribution < 1.29 is 8.42 Å². The zero-order chi connectivity index (χ0) is 13.2. The lowest BCUT2D eigenvalue weighted by Crippen LogP contribution is -2.33. The third-order valence-electron chi connectivity index (χ3n) is 3.31. The van der Waals surface area contributed by atoms with E-state index in [1.807, 2.05) is 37.3 Å². The Balaban J connectivity index is 2.07. The molecular weight excluding hydrogens is 250 g/mol. The Bertz CT molecular complexity index is 499. The van der Waals surface area contributed by atoms with Crippen LogP contribution in [0.4, 0.5) is 5.82 Å². The first-order valence-corrected chi connectivity index (χ1v) is 7.87. The van der Waals surface area contributed by atoms with Gasteiger partial charge in [-0.1, -0.05) is 6.07 Å². The highest BCUT2D eigenvalue weighted by molar-refractivity contribution is 7.91. The number of rotatable bonds is 4. The Labute approximate surface area is 108 Å². The minimum Gasteiger partial charge on any atom is -0.356 e. The highest BCUT2D eigenvalue weighted by atomic mass is 32.2. The summed E-state index contributed by atoms with van der Waals surface area (Å²) < 4.78 is 22.9. The molecular formula is C12H19N3O2S. The van der Waals surface area contributed by atoms with Gasteiger partial charge in [-0.15, -0.1) is 0 Å². The van der Waals surface area contributed by atoms with Crippen molar-refractivity contribution in [3.63, 3.8) is 0 Å². The highest BCUT2D eigenvalue weighted by Crippen LogP contribution is 2.21. The molecule has 1 N–H and O–H groups in total. The first-order valence-electron chi connectivity index (χ1n) is 6.04. The fraction of sp³-hybridized carbons (Fsp3) is 0.583. The van der Waals surface area contributed by atoms with E-state index >= 15 is 0 Å². The monoisotopic (exact) mass is 269 g/mol. The molecule has 0 aromatic carbocycles. The van der Waals surface area contributed by atoms with Crippen LogP contribution in [0.15, 0.2) is 18.3 Å². The van der Waals surface area contributed by atoms with Crippen LogP contribution in [0.5, 0.6) is 0 Å². The van der Waals surface area contributed by atoms with Crippen molar-refractivity contribution in [1.82, 2.24) is 10.3 Å². The highest BCUT2D eigenvalue weighted by Gasteiger charge is 2.31. The van der Waals surface area contributed by atoms with Gasteiger partial charge in [-0.2, -0.15) is 0 Å². The summed E-state index contributed by atoms with van der Waals surface area (Å²) in [6, 6.07) is 4.01. The summed E-state index contributed by atoms with van der Waals surface area (Å²) in [5, 5.41) is 3.07. The molecule has 0 radical (unpaired) electrons. The summed E-state index contributed by atoms with van der Waals surface area (Å²) in [6.45, 7) is 0.787. The van der Waals surface area contributed by atoms with E-state index in [0.29, 0.717) is 12.2 Å². The normalized spacial score (nSPS) is 22.0. The van der Waals surface area contributed by atoms with Crippen molar-refractivity contribution in [2.75, 3.05) is 30.5 Å². The molecule has 1 aliphatic heterocycles. The average Bonchev–Trinajstić information content (AvgIpc) is 2.70. The number of anilines is 1. The molecule has 0 aliphatic carbocycles. The number of nitrogens with one attached hydrogen (secondary N) is 1. The second kappa shape index (κ2) is 5.24. The van der Waals surface area contributed by atoms with Crippen LogP contribution in [0.1, 0.15) is 12.0 Å². The Hall–Kier alpha value is -1.14. The lowest BCUT2D eigenvalue weighted by molar-refractivity contribution is 0.600. The van der Waals surface area contributed by atoms with Crippen LogP contribution in [0.25, 0.3) is 0 Å². The summed E-state index contributed by atoms with van der Waals surface area (Å²) >= 11 is 0. The van der Waals surface area contributed by atoms with Crippen molar-refractivity contribution in [3.05, 3.63) is 23.9 Å². The molecule has 0 saturated carbocycles. The van der Waals surface area contributed by atoms with Crippen molar-refractivity contribution in [1.29, 1.82) is 0 Å². The molecule has 1 atom stereocenters. The smallest absolute Gasteiger partial charge is 0.152 e. The Morgan fingerprint density at radius 2 is 2.28 bits per heavy atom. The SMILES string of the molecule is CNCc1ccc(N(C)C2CCS(=O)(=O)C2)nc1. The third-order valence-corrected chi connectivity index (χ3v) is 5.06. The molecule has 0 amide bonds. The molecule has 0 spiro atoms. The maximum absolute atomic E-state index is 11.5. The van der Waals surface area contributed by atoms with Gasteiger partial charge >= 0.3 is 0 Å². The molecule has 2 heterocycles. The fourth-order valence-electron chi connectivity index (χ4n) is 2.20. The molecule has 1 fully saturated rings. The molecule has 1 unspecified atom stereocenters. The lowest BCUT2D eigenvalue weighted by atomic mass is 10.2. The quantitative estimate of drug-likeness (QED) is 0.858. The minimum absolute atomic E-state index is 0.0534. The first kappa shape index (κ1) is 13.3. The molecule has 2 rings (SSSR count). The predicted octanol–water partition coefficient (Wildman–Crippen LogP) is 0.424. The number of hydrogen-bond donors (Lipinski definition) is 1. The lowest BCUT2D eigenvalue weighted by Gasteiger charge is -2.24. The summed E-state index contributed by atoms with van der Waals surface area (Å²) in [4.78, 5) is 6.35.